The van der Waals surface area contributed by atoms with Gasteiger partial charge in [-0.2, -0.15) is 0 Å². The van der Waals surface area contributed by atoms with Crippen molar-refractivity contribution in [3.8, 4) is 17.2 Å². The van der Waals surface area contributed by atoms with E-state index in [4.69, 9.17) is 37.4 Å². The van der Waals surface area contributed by atoms with Gasteiger partial charge in [0.1, 0.15) is 17.2 Å². The van der Waals surface area contributed by atoms with Crippen molar-refractivity contribution in [1.82, 2.24) is 0 Å². The maximum absolute atomic E-state index is 12.5. The number of ether oxygens (including phenoxy) is 3. The van der Waals surface area contributed by atoms with Crippen molar-refractivity contribution in [2.24, 2.45) is 0 Å². The molecule has 4 rings (SSSR count). The number of rotatable bonds is 9. The van der Waals surface area contributed by atoms with Gasteiger partial charge in [-0.05, 0) is 55.0 Å². The van der Waals surface area contributed by atoms with Gasteiger partial charge in [-0.15, -0.1) is 0 Å². The van der Waals surface area contributed by atoms with Crippen LogP contribution >= 0.6 is 23.2 Å². The van der Waals surface area contributed by atoms with Crippen molar-refractivity contribution >= 4 is 46.4 Å². The zero-order chi connectivity index (χ0) is 23.9. The highest BCUT2D eigenvalue weighted by molar-refractivity contribution is 6.35. The Kier molecular flexibility index (Phi) is 7.77. The van der Waals surface area contributed by atoms with Crippen LogP contribution in [0.15, 0.2) is 66.7 Å². The van der Waals surface area contributed by atoms with Crippen molar-refractivity contribution < 1.29 is 23.8 Å². The third kappa shape index (κ3) is 6.12. The summed E-state index contributed by atoms with van der Waals surface area (Å²) in [5.74, 6) is 1.18. The summed E-state index contributed by atoms with van der Waals surface area (Å²) in [4.78, 5) is 26.5. The molecule has 3 aromatic carbocycles. The number of halogens is 2. The molecule has 0 atom stereocenters. The Balaban J connectivity index is 1.35. The second-order valence-electron chi connectivity index (χ2n) is 7.44. The Bertz CT molecular complexity index is 1170. The molecule has 7 nitrogen and oxygen atoms in total. The predicted octanol–water partition coefficient (Wildman–Crippen LogP) is 5.21. The molecule has 1 heterocycles. The first kappa shape index (κ1) is 23.7. The Morgan fingerprint density at radius 1 is 1.03 bits per heavy atom. The number of anilines is 2. The number of hydrogen-bond donors (Lipinski definition) is 1. The van der Waals surface area contributed by atoms with Crippen LogP contribution in [0.1, 0.15) is 6.42 Å². The molecule has 2 amide bonds. The average molecular weight is 501 g/mol. The summed E-state index contributed by atoms with van der Waals surface area (Å²) in [6, 6.07) is 19.4. The van der Waals surface area contributed by atoms with Gasteiger partial charge < -0.3 is 24.4 Å². The first-order valence-corrected chi connectivity index (χ1v) is 11.4. The standard InChI is InChI=1S/C25H22Cl2N2O5/c26-17-7-9-22(20(27)13-17)33-15-24(30)28-18-8-10-23-21(14-18)29(25(31)16-34-23)11-4-12-32-19-5-2-1-3-6-19/h1-3,5-10,13-14H,4,11-12,15-16H2,(H,28,30). The van der Waals surface area contributed by atoms with Gasteiger partial charge in [0.2, 0.25) is 0 Å². The van der Waals surface area contributed by atoms with Crippen molar-refractivity contribution in [3.63, 3.8) is 0 Å². The minimum atomic E-state index is -0.378. The molecule has 0 aromatic heterocycles. The molecule has 9 heteroatoms. The molecule has 0 bridgehead atoms. The van der Waals surface area contributed by atoms with Gasteiger partial charge in [0, 0.05) is 17.3 Å². The number of carbonyl (C=O) groups excluding carboxylic acids is 2. The SMILES string of the molecule is O=C(COc1ccc(Cl)cc1Cl)Nc1ccc2c(c1)N(CCCOc1ccccc1)C(=O)CO2. The number of amides is 2. The number of nitrogens with zero attached hydrogens (tertiary/aromatic N) is 1. The monoisotopic (exact) mass is 500 g/mol. The fourth-order valence-corrected chi connectivity index (χ4v) is 3.85. The minimum Gasteiger partial charge on any atom is -0.494 e. The Morgan fingerprint density at radius 3 is 2.65 bits per heavy atom. The molecule has 0 aliphatic carbocycles. The number of fused-ring (bicyclic) bond motifs is 1. The molecule has 1 aliphatic heterocycles. The largest absolute Gasteiger partial charge is 0.494 e. The molecular formula is C25H22Cl2N2O5. The van der Waals surface area contributed by atoms with Crippen LogP contribution < -0.4 is 24.4 Å². The van der Waals surface area contributed by atoms with Gasteiger partial charge in [0.05, 0.1) is 17.3 Å². The van der Waals surface area contributed by atoms with Crippen LogP contribution in [0.25, 0.3) is 0 Å². The van der Waals surface area contributed by atoms with E-state index in [0.717, 1.165) is 5.75 Å². The third-order valence-corrected chi connectivity index (χ3v) is 5.51. The van der Waals surface area contributed by atoms with E-state index in [1.54, 1.807) is 35.2 Å². The fourth-order valence-electron chi connectivity index (χ4n) is 3.39. The van der Waals surface area contributed by atoms with Crippen LogP contribution in [0.3, 0.4) is 0 Å². The molecule has 34 heavy (non-hydrogen) atoms. The number of nitrogens with one attached hydrogen (secondary N) is 1. The van der Waals surface area contributed by atoms with Crippen LogP contribution in [-0.4, -0.2) is 38.2 Å². The van der Waals surface area contributed by atoms with E-state index in [1.807, 2.05) is 30.3 Å². The van der Waals surface area contributed by atoms with Crippen LogP contribution in [-0.2, 0) is 9.59 Å². The quantitative estimate of drug-likeness (QED) is 0.408. The molecule has 3 aromatic rings. The second-order valence-corrected chi connectivity index (χ2v) is 8.29. The molecular weight excluding hydrogens is 479 g/mol. The summed E-state index contributed by atoms with van der Waals surface area (Å²) < 4.78 is 16.7. The summed E-state index contributed by atoms with van der Waals surface area (Å²) in [7, 11) is 0. The van der Waals surface area contributed by atoms with Gasteiger partial charge in [-0.25, -0.2) is 0 Å². The smallest absolute Gasteiger partial charge is 0.265 e. The zero-order valence-electron chi connectivity index (χ0n) is 18.1. The highest BCUT2D eigenvalue weighted by atomic mass is 35.5. The van der Waals surface area contributed by atoms with E-state index in [2.05, 4.69) is 5.32 Å². The van der Waals surface area contributed by atoms with E-state index < -0.39 is 0 Å². The molecule has 0 radical (unpaired) electrons. The average Bonchev–Trinajstić information content (AvgIpc) is 2.83. The van der Waals surface area contributed by atoms with E-state index in [0.29, 0.717) is 52.5 Å². The Hall–Kier alpha value is -3.42. The first-order valence-electron chi connectivity index (χ1n) is 10.6. The van der Waals surface area contributed by atoms with Gasteiger partial charge in [-0.1, -0.05) is 41.4 Å². The summed E-state index contributed by atoms with van der Waals surface area (Å²) in [5, 5.41) is 3.56. The Labute approximate surface area is 207 Å². The molecule has 176 valence electrons. The molecule has 0 unspecified atom stereocenters. The number of carbonyl (C=O) groups is 2. The van der Waals surface area contributed by atoms with Gasteiger partial charge in [0.15, 0.2) is 13.2 Å². The number of hydrogen-bond acceptors (Lipinski definition) is 5. The lowest BCUT2D eigenvalue weighted by atomic mass is 10.2. The third-order valence-electron chi connectivity index (χ3n) is 4.98. The normalized spacial score (nSPS) is 12.5. The zero-order valence-corrected chi connectivity index (χ0v) is 19.6. The van der Waals surface area contributed by atoms with Crippen molar-refractivity contribution in [1.29, 1.82) is 0 Å². The van der Waals surface area contributed by atoms with Gasteiger partial charge in [0.25, 0.3) is 11.8 Å². The first-order chi connectivity index (χ1) is 16.5. The van der Waals surface area contributed by atoms with Crippen molar-refractivity contribution in [2.75, 3.05) is 36.6 Å². The number of para-hydroxylation sites is 1. The van der Waals surface area contributed by atoms with E-state index >= 15 is 0 Å². The maximum atomic E-state index is 12.5. The highest BCUT2D eigenvalue weighted by Gasteiger charge is 2.25. The molecule has 1 N–H and O–H groups in total. The maximum Gasteiger partial charge on any atom is 0.265 e. The van der Waals surface area contributed by atoms with Crippen LogP contribution in [0.2, 0.25) is 10.0 Å². The number of benzene rings is 3. The van der Waals surface area contributed by atoms with Crippen LogP contribution in [0.4, 0.5) is 11.4 Å². The topological polar surface area (TPSA) is 77.1 Å². The lowest BCUT2D eigenvalue weighted by molar-refractivity contribution is -0.121. The molecule has 0 saturated carbocycles. The molecule has 1 aliphatic rings. The highest BCUT2D eigenvalue weighted by Crippen LogP contribution is 2.35. The predicted molar refractivity (Wildman–Crippen MR) is 131 cm³/mol. The lowest BCUT2D eigenvalue weighted by Crippen LogP contribution is -2.39. The van der Waals surface area contributed by atoms with Crippen molar-refractivity contribution in [2.45, 2.75) is 6.42 Å². The summed E-state index contributed by atoms with van der Waals surface area (Å²) >= 11 is 11.9. The lowest BCUT2D eigenvalue weighted by Gasteiger charge is -2.29. The fraction of sp³-hybridized carbons (Fsp3) is 0.200. The summed E-state index contributed by atoms with van der Waals surface area (Å²) in [6.45, 7) is 0.644. The van der Waals surface area contributed by atoms with Crippen LogP contribution in [0.5, 0.6) is 17.2 Å². The molecule has 0 fully saturated rings. The molecule has 0 saturated heterocycles. The van der Waals surface area contributed by atoms with Gasteiger partial charge in [-0.3, -0.25) is 9.59 Å². The van der Waals surface area contributed by atoms with E-state index in [1.165, 1.54) is 6.07 Å². The summed E-state index contributed by atoms with van der Waals surface area (Å²) in [6.07, 6.45) is 0.631. The minimum absolute atomic E-state index is 0.0338. The van der Waals surface area contributed by atoms with E-state index in [9.17, 15) is 9.59 Å². The van der Waals surface area contributed by atoms with Gasteiger partial charge >= 0.3 is 0 Å². The van der Waals surface area contributed by atoms with E-state index in [-0.39, 0.29) is 25.0 Å². The second kappa shape index (κ2) is 11.1. The summed E-state index contributed by atoms with van der Waals surface area (Å²) in [5.41, 5.74) is 1.11. The van der Waals surface area contributed by atoms with Crippen molar-refractivity contribution in [3.05, 3.63) is 76.8 Å². The Morgan fingerprint density at radius 2 is 1.85 bits per heavy atom. The molecule has 0 spiro atoms. The van der Waals surface area contributed by atoms with Crippen LogP contribution in [0, 0.1) is 0 Å².